The topological polar surface area (TPSA) is 173 Å². The van der Waals surface area contributed by atoms with Gasteiger partial charge in [0, 0.05) is 18.7 Å². The summed E-state index contributed by atoms with van der Waals surface area (Å²) in [5.41, 5.74) is 6.09. The van der Waals surface area contributed by atoms with Crippen LogP contribution < -0.4 is 5.73 Å². The van der Waals surface area contributed by atoms with E-state index in [4.69, 9.17) is 15.9 Å². The molecule has 0 aliphatic rings. The van der Waals surface area contributed by atoms with Gasteiger partial charge in [-0.1, -0.05) is 0 Å². The van der Waals surface area contributed by atoms with E-state index in [0.29, 0.717) is 5.69 Å². The smallest absolute Gasteiger partial charge is 0.126 e. The average molecular weight is 303 g/mol. The Morgan fingerprint density at radius 1 is 0.952 bits per heavy atom. The summed E-state index contributed by atoms with van der Waals surface area (Å²) in [6.45, 7) is -1.16. The molecule has 0 fully saturated rings. The van der Waals surface area contributed by atoms with Crippen molar-refractivity contribution >= 4 is 0 Å². The molecule has 1 aromatic rings. The first-order chi connectivity index (χ1) is 9.90. The fourth-order valence-electron chi connectivity index (χ4n) is 1.63. The molecule has 1 rings (SSSR count). The number of nitrogens with zero attached hydrogens (tertiary/aromatic N) is 2. The normalized spacial score (nSPS) is 18.8. The summed E-state index contributed by atoms with van der Waals surface area (Å²) < 4.78 is 0. The molecule has 9 heteroatoms. The summed E-state index contributed by atoms with van der Waals surface area (Å²) in [6.07, 6.45) is -2.97. The SMILES string of the molecule is N[C@@H](Cc1cnc([C@@H](O)[C@H](O)[C@H](O)CO)cn1)[C@H](O)CO. The Balaban J connectivity index is 2.69. The Morgan fingerprint density at radius 3 is 2.05 bits per heavy atom. The lowest BCUT2D eigenvalue weighted by Crippen LogP contribution is -2.39. The Morgan fingerprint density at radius 2 is 1.57 bits per heavy atom. The molecule has 0 saturated heterocycles. The summed E-state index contributed by atoms with van der Waals surface area (Å²) in [5, 5.41) is 55.4. The molecule has 8 N–H and O–H groups in total. The lowest BCUT2D eigenvalue weighted by molar-refractivity contribution is -0.0790. The zero-order valence-electron chi connectivity index (χ0n) is 11.3. The fraction of sp³-hybridized carbons (Fsp3) is 0.667. The molecule has 0 bridgehead atoms. The third-order valence-corrected chi connectivity index (χ3v) is 3.06. The van der Waals surface area contributed by atoms with Gasteiger partial charge in [0.05, 0.1) is 36.9 Å². The van der Waals surface area contributed by atoms with E-state index < -0.39 is 43.7 Å². The van der Waals surface area contributed by atoms with Crippen molar-refractivity contribution in [1.82, 2.24) is 9.97 Å². The Hall–Kier alpha value is -1.20. The number of aliphatic hydroxyl groups is 6. The minimum Gasteiger partial charge on any atom is -0.394 e. The van der Waals surface area contributed by atoms with Crippen LogP contribution in [0.2, 0.25) is 0 Å². The van der Waals surface area contributed by atoms with Crippen LogP contribution in [-0.2, 0) is 6.42 Å². The van der Waals surface area contributed by atoms with Crippen LogP contribution in [0.3, 0.4) is 0 Å². The molecule has 0 aliphatic heterocycles. The number of aromatic nitrogens is 2. The maximum atomic E-state index is 9.77. The quantitative estimate of drug-likeness (QED) is 0.256. The summed E-state index contributed by atoms with van der Waals surface area (Å²) >= 11 is 0. The van der Waals surface area contributed by atoms with E-state index in [0.717, 1.165) is 0 Å². The molecule has 9 nitrogen and oxygen atoms in total. The second-order valence-electron chi connectivity index (χ2n) is 4.74. The number of hydrogen-bond donors (Lipinski definition) is 7. The fourth-order valence-corrected chi connectivity index (χ4v) is 1.63. The van der Waals surface area contributed by atoms with Gasteiger partial charge in [0.1, 0.15) is 18.3 Å². The monoisotopic (exact) mass is 303 g/mol. The second kappa shape index (κ2) is 8.29. The van der Waals surface area contributed by atoms with E-state index in [1.165, 1.54) is 12.4 Å². The van der Waals surface area contributed by atoms with Gasteiger partial charge in [-0.15, -0.1) is 0 Å². The predicted molar refractivity (Wildman–Crippen MR) is 70.9 cm³/mol. The first kappa shape index (κ1) is 17.9. The van der Waals surface area contributed by atoms with Crippen molar-refractivity contribution in [1.29, 1.82) is 0 Å². The molecule has 0 aromatic carbocycles. The minimum atomic E-state index is -1.59. The lowest BCUT2D eigenvalue weighted by atomic mass is 10.1. The summed E-state index contributed by atoms with van der Waals surface area (Å²) in [6, 6.07) is -0.707. The third kappa shape index (κ3) is 4.93. The molecule has 1 aromatic heterocycles. The summed E-state index contributed by atoms with van der Waals surface area (Å²) in [5.74, 6) is 0. The van der Waals surface area contributed by atoms with Crippen LogP contribution in [0.1, 0.15) is 17.5 Å². The van der Waals surface area contributed by atoms with Gasteiger partial charge in [-0.25, -0.2) is 0 Å². The summed E-state index contributed by atoms with van der Waals surface area (Å²) in [7, 11) is 0. The van der Waals surface area contributed by atoms with Gasteiger partial charge in [-0.3, -0.25) is 9.97 Å². The van der Waals surface area contributed by atoms with Gasteiger partial charge in [0.2, 0.25) is 0 Å². The van der Waals surface area contributed by atoms with Crippen molar-refractivity contribution in [3.8, 4) is 0 Å². The highest BCUT2D eigenvalue weighted by atomic mass is 16.4. The molecular weight excluding hydrogens is 282 g/mol. The van der Waals surface area contributed by atoms with Crippen LogP contribution in [0.15, 0.2) is 12.4 Å². The Labute approximate surface area is 121 Å². The number of nitrogens with two attached hydrogens (primary N) is 1. The van der Waals surface area contributed by atoms with E-state index in [2.05, 4.69) is 9.97 Å². The number of rotatable bonds is 8. The van der Waals surface area contributed by atoms with Crippen molar-refractivity contribution in [3.05, 3.63) is 23.8 Å². The maximum Gasteiger partial charge on any atom is 0.126 e. The highest BCUT2D eigenvalue weighted by Gasteiger charge is 2.26. The largest absolute Gasteiger partial charge is 0.394 e. The average Bonchev–Trinajstić information content (AvgIpc) is 2.52. The standard InChI is InChI=1S/C12H21N3O6/c13-7(9(18)4-16)1-6-2-15-8(3-14-6)11(20)12(21)10(19)5-17/h2-3,7,9-12,16-21H,1,4-5,13H2/t7-,9+,10+,11+,12+/m0/s1. The first-order valence-corrected chi connectivity index (χ1v) is 6.41. The van der Waals surface area contributed by atoms with Crippen LogP contribution >= 0.6 is 0 Å². The van der Waals surface area contributed by atoms with Gasteiger partial charge < -0.3 is 36.4 Å². The molecular formula is C12H21N3O6. The summed E-state index contributed by atoms with van der Waals surface area (Å²) in [4.78, 5) is 7.86. The Bertz CT molecular complexity index is 418. The molecule has 120 valence electrons. The van der Waals surface area contributed by atoms with Gasteiger partial charge >= 0.3 is 0 Å². The molecule has 0 spiro atoms. The molecule has 0 aliphatic carbocycles. The first-order valence-electron chi connectivity index (χ1n) is 6.41. The molecule has 0 unspecified atom stereocenters. The van der Waals surface area contributed by atoms with Crippen molar-refractivity contribution in [2.24, 2.45) is 5.73 Å². The van der Waals surface area contributed by atoms with E-state index in [-0.39, 0.29) is 12.1 Å². The van der Waals surface area contributed by atoms with Crippen LogP contribution in [0.5, 0.6) is 0 Å². The van der Waals surface area contributed by atoms with Gasteiger partial charge in [0.25, 0.3) is 0 Å². The Kier molecular flexibility index (Phi) is 7.05. The highest BCUT2D eigenvalue weighted by Crippen LogP contribution is 2.16. The molecule has 0 saturated carbocycles. The van der Waals surface area contributed by atoms with Crippen molar-refractivity contribution in [2.75, 3.05) is 13.2 Å². The van der Waals surface area contributed by atoms with Crippen LogP contribution in [-0.4, -0.2) is 78.2 Å². The van der Waals surface area contributed by atoms with Crippen molar-refractivity contribution < 1.29 is 30.6 Å². The minimum absolute atomic E-state index is 0.0232. The predicted octanol–water partition coefficient (Wildman–Crippen LogP) is -3.55. The van der Waals surface area contributed by atoms with Crippen LogP contribution in [0.25, 0.3) is 0 Å². The zero-order valence-corrected chi connectivity index (χ0v) is 11.3. The van der Waals surface area contributed by atoms with E-state index in [9.17, 15) is 20.4 Å². The van der Waals surface area contributed by atoms with Gasteiger partial charge in [-0.05, 0) is 0 Å². The molecule has 1 heterocycles. The highest BCUT2D eigenvalue weighted by molar-refractivity contribution is 5.08. The maximum absolute atomic E-state index is 9.77. The van der Waals surface area contributed by atoms with Crippen LogP contribution in [0, 0.1) is 0 Å². The van der Waals surface area contributed by atoms with E-state index >= 15 is 0 Å². The van der Waals surface area contributed by atoms with Gasteiger partial charge in [0.15, 0.2) is 0 Å². The molecule has 5 atom stereocenters. The van der Waals surface area contributed by atoms with E-state index in [1.54, 1.807) is 0 Å². The van der Waals surface area contributed by atoms with E-state index in [1.807, 2.05) is 0 Å². The third-order valence-electron chi connectivity index (χ3n) is 3.06. The van der Waals surface area contributed by atoms with Crippen molar-refractivity contribution in [2.45, 2.75) is 36.9 Å². The zero-order chi connectivity index (χ0) is 16.0. The van der Waals surface area contributed by atoms with Crippen LogP contribution in [0.4, 0.5) is 0 Å². The molecule has 0 amide bonds. The number of aliphatic hydroxyl groups excluding tert-OH is 6. The molecule has 21 heavy (non-hydrogen) atoms. The van der Waals surface area contributed by atoms with Gasteiger partial charge in [-0.2, -0.15) is 0 Å². The number of hydrogen-bond acceptors (Lipinski definition) is 9. The lowest BCUT2D eigenvalue weighted by Gasteiger charge is -2.21. The molecule has 0 radical (unpaired) electrons. The van der Waals surface area contributed by atoms with Crippen molar-refractivity contribution in [3.63, 3.8) is 0 Å². The second-order valence-corrected chi connectivity index (χ2v) is 4.74.